The Bertz CT molecular complexity index is 3150. The molecule has 0 spiro atoms. The van der Waals surface area contributed by atoms with Crippen molar-refractivity contribution < 1.29 is 4.42 Å². The molecule has 1 heterocycles. The van der Waals surface area contributed by atoms with Crippen LogP contribution in [-0.4, -0.2) is 0 Å². The molecule has 0 aliphatic heterocycles. The number of hydrogen-bond acceptors (Lipinski definition) is 1. The van der Waals surface area contributed by atoms with Crippen LogP contribution in [0.1, 0.15) is 45.2 Å². The highest BCUT2D eigenvalue weighted by atomic mass is 16.3. The fourth-order valence-electron chi connectivity index (χ4n) is 9.68. The Kier molecular flexibility index (Phi) is 6.53. The summed E-state index contributed by atoms with van der Waals surface area (Å²) in [5.41, 5.74) is 19.9. The first-order valence-electron chi connectivity index (χ1n) is 19.2. The van der Waals surface area contributed by atoms with Crippen LogP contribution in [0.5, 0.6) is 0 Å². The minimum Gasteiger partial charge on any atom is -0.455 e. The van der Waals surface area contributed by atoms with Crippen molar-refractivity contribution in [3.05, 3.63) is 228 Å². The SMILES string of the molecule is c1ccc(-c2ccc(C3c4ccccc4-c4cc(-c5ccc6c(c5)-c5c(ccc7c5oc5ccccc57)C6c5ccc6ccccc6c5)ccc43)cc2)cc1. The smallest absolute Gasteiger partial charge is 0.143 e. The van der Waals surface area contributed by atoms with Crippen molar-refractivity contribution >= 4 is 32.7 Å². The molecule has 256 valence electrons. The van der Waals surface area contributed by atoms with E-state index in [9.17, 15) is 0 Å². The van der Waals surface area contributed by atoms with Crippen LogP contribution >= 0.6 is 0 Å². The van der Waals surface area contributed by atoms with Gasteiger partial charge in [0.1, 0.15) is 11.2 Å². The van der Waals surface area contributed by atoms with Crippen LogP contribution < -0.4 is 0 Å². The average Bonchev–Trinajstić information content (AvgIpc) is 3.91. The molecule has 10 aromatic rings. The van der Waals surface area contributed by atoms with E-state index in [1.807, 2.05) is 0 Å². The van der Waals surface area contributed by atoms with E-state index in [1.54, 1.807) is 0 Å². The predicted octanol–water partition coefficient (Wildman–Crippen LogP) is 14.4. The quantitative estimate of drug-likeness (QED) is 0.178. The summed E-state index contributed by atoms with van der Waals surface area (Å²) in [4.78, 5) is 0. The zero-order valence-corrected chi connectivity index (χ0v) is 30.0. The minimum absolute atomic E-state index is 0.113. The predicted molar refractivity (Wildman–Crippen MR) is 228 cm³/mol. The summed E-state index contributed by atoms with van der Waals surface area (Å²) >= 11 is 0. The van der Waals surface area contributed by atoms with E-state index in [0.29, 0.717) is 0 Å². The molecule has 0 radical (unpaired) electrons. The highest BCUT2D eigenvalue weighted by Crippen LogP contribution is 2.54. The Balaban J connectivity index is 1.00. The molecule has 1 heteroatoms. The molecule has 1 aromatic heterocycles. The summed E-state index contributed by atoms with van der Waals surface area (Å²) in [7, 11) is 0. The first-order valence-corrected chi connectivity index (χ1v) is 19.2. The van der Waals surface area contributed by atoms with Crippen molar-refractivity contribution in [2.24, 2.45) is 0 Å². The van der Waals surface area contributed by atoms with Gasteiger partial charge in [-0.2, -0.15) is 0 Å². The van der Waals surface area contributed by atoms with Crippen LogP contribution in [0, 0.1) is 0 Å². The lowest BCUT2D eigenvalue weighted by molar-refractivity contribution is 0.670. The highest BCUT2D eigenvalue weighted by molar-refractivity contribution is 6.12. The summed E-state index contributed by atoms with van der Waals surface area (Å²) in [5, 5.41) is 4.85. The van der Waals surface area contributed by atoms with Gasteiger partial charge in [0.05, 0.1) is 0 Å². The second kappa shape index (κ2) is 11.8. The molecule has 0 saturated heterocycles. The second-order valence-electron chi connectivity index (χ2n) is 15.2. The van der Waals surface area contributed by atoms with Gasteiger partial charge >= 0.3 is 0 Å². The van der Waals surface area contributed by atoms with Gasteiger partial charge in [-0.1, -0.05) is 176 Å². The van der Waals surface area contributed by atoms with E-state index < -0.39 is 0 Å². The van der Waals surface area contributed by atoms with Crippen molar-refractivity contribution in [1.82, 2.24) is 0 Å². The van der Waals surface area contributed by atoms with Crippen molar-refractivity contribution in [2.75, 3.05) is 0 Å². The van der Waals surface area contributed by atoms with Crippen LogP contribution in [0.15, 0.2) is 199 Å². The topological polar surface area (TPSA) is 13.1 Å². The molecular formula is C54H34O. The van der Waals surface area contributed by atoms with Crippen LogP contribution in [0.25, 0.3) is 77.2 Å². The van der Waals surface area contributed by atoms with E-state index in [-0.39, 0.29) is 11.8 Å². The summed E-state index contributed by atoms with van der Waals surface area (Å²) in [6.07, 6.45) is 0. The molecule has 2 unspecified atom stereocenters. The average molecular weight is 699 g/mol. The van der Waals surface area contributed by atoms with Gasteiger partial charge in [-0.3, -0.25) is 0 Å². The van der Waals surface area contributed by atoms with Gasteiger partial charge in [0.2, 0.25) is 0 Å². The monoisotopic (exact) mass is 698 g/mol. The summed E-state index contributed by atoms with van der Waals surface area (Å²) < 4.78 is 6.74. The Morgan fingerprint density at radius 3 is 1.78 bits per heavy atom. The number of hydrogen-bond donors (Lipinski definition) is 0. The van der Waals surface area contributed by atoms with Gasteiger partial charge in [-0.15, -0.1) is 0 Å². The molecular weight excluding hydrogens is 665 g/mol. The Hall–Kier alpha value is -6.96. The Morgan fingerprint density at radius 1 is 0.327 bits per heavy atom. The van der Waals surface area contributed by atoms with Gasteiger partial charge in [0.15, 0.2) is 0 Å². The molecule has 0 saturated carbocycles. The lowest BCUT2D eigenvalue weighted by Crippen LogP contribution is -1.99. The van der Waals surface area contributed by atoms with Gasteiger partial charge < -0.3 is 4.42 Å². The molecule has 2 aliphatic rings. The Morgan fingerprint density at radius 2 is 0.927 bits per heavy atom. The summed E-state index contributed by atoms with van der Waals surface area (Å²) in [6, 6.07) is 71.7. The van der Waals surface area contributed by atoms with Crippen molar-refractivity contribution in [3.8, 4) is 44.5 Å². The first-order chi connectivity index (χ1) is 27.3. The zero-order chi connectivity index (χ0) is 36.0. The van der Waals surface area contributed by atoms with E-state index in [4.69, 9.17) is 4.42 Å². The van der Waals surface area contributed by atoms with Gasteiger partial charge in [-0.05, 0) is 101 Å². The molecule has 0 fully saturated rings. The van der Waals surface area contributed by atoms with Crippen LogP contribution in [0.2, 0.25) is 0 Å². The molecule has 0 N–H and O–H groups in total. The van der Waals surface area contributed by atoms with E-state index in [0.717, 1.165) is 16.6 Å². The third-order valence-electron chi connectivity index (χ3n) is 12.2. The van der Waals surface area contributed by atoms with Crippen LogP contribution in [0.4, 0.5) is 0 Å². The second-order valence-corrected chi connectivity index (χ2v) is 15.2. The molecule has 9 aromatic carbocycles. The molecule has 1 nitrogen and oxygen atoms in total. The fraction of sp³-hybridized carbons (Fsp3) is 0.0370. The number of fused-ring (bicyclic) bond motifs is 11. The standard InChI is InChI=1S/C54H34O/c1-2-10-33(11-3-1)35-18-21-36(22-19-35)51-43-16-7-6-14-41(43)48-31-38(24-26-44(48)51)39-25-27-45-49(32-39)53-47(29-28-46-42-15-8-9-17-50(42)55-54(46)53)52(45)40-23-20-34-12-4-5-13-37(34)30-40/h1-32,51-52H. The maximum Gasteiger partial charge on any atom is 0.143 e. The van der Waals surface area contributed by atoms with Crippen molar-refractivity contribution in [3.63, 3.8) is 0 Å². The molecule has 0 amide bonds. The molecule has 2 atom stereocenters. The van der Waals surface area contributed by atoms with E-state index in [2.05, 4.69) is 194 Å². The van der Waals surface area contributed by atoms with E-state index >= 15 is 0 Å². The number of rotatable bonds is 4. The van der Waals surface area contributed by atoms with Gasteiger partial charge in [0, 0.05) is 28.2 Å². The van der Waals surface area contributed by atoms with Crippen LogP contribution in [-0.2, 0) is 0 Å². The number of furan rings is 1. The third-order valence-corrected chi connectivity index (χ3v) is 12.2. The molecule has 55 heavy (non-hydrogen) atoms. The lowest BCUT2D eigenvalue weighted by Gasteiger charge is -2.16. The van der Waals surface area contributed by atoms with Gasteiger partial charge in [0.25, 0.3) is 0 Å². The number of para-hydroxylation sites is 1. The zero-order valence-electron chi connectivity index (χ0n) is 30.0. The largest absolute Gasteiger partial charge is 0.455 e. The number of benzene rings is 9. The van der Waals surface area contributed by atoms with Crippen molar-refractivity contribution in [1.29, 1.82) is 0 Å². The normalized spacial score (nSPS) is 15.3. The maximum atomic E-state index is 6.74. The van der Waals surface area contributed by atoms with Crippen LogP contribution in [0.3, 0.4) is 0 Å². The maximum absolute atomic E-state index is 6.74. The third kappa shape index (κ3) is 4.60. The van der Waals surface area contributed by atoms with Gasteiger partial charge in [-0.25, -0.2) is 0 Å². The fourth-order valence-corrected chi connectivity index (χ4v) is 9.68. The molecule has 12 rings (SSSR count). The molecule has 2 aliphatic carbocycles. The minimum atomic E-state index is 0.113. The Labute approximate surface area is 319 Å². The summed E-state index contributed by atoms with van der Waals surface area (Å²) in [5.74, 6) is 0.309. The first kappa shape index (κ1) is 30.5. The van der Waals surface area contributed by atoms with Crippen molar-refractivity contribution in [2.45, 2.75) is 11.8 Å². The molecule has 0 bridgehead atoms. The van der Waals surface area contributed by atoms with E-state index in [1.165, 1.54) is 94.0 Å². The highest BCUT2D eigenvalue weighted by Gasteiger charge is 2.34. The summed E-state index contributed by atoms with van der Waals surface area (Å²) in [6.45, 7) is 0. The lowest BCUT2D eigenvalue weighted by atomic mass is 9.87.